The largest absolute Gasteiger partial charge is 0.433 e. The van der Waals surface area contributed by atoms with E-state index in [2.05, 4.69) is 9.97 Å². The van der Waals surface area contributed by atoms with Crippen molar-refractivity contribution in [3.63, 3.8) is 0 Å². The Balaban J connectivity index is 1.69. The van der Waals surface area contributed by atoms with Crippen molar-refractivity contribution < 1.29 is 22.8 Å². The number of carbonyl (C=O) groups is 2. The van der Waals surface area contributed by atoms with Crippen LogP contribution in [0.25, 0.3) is 10.6 Å². The number of piperidine rings is 1. The smallest absolute Gasteiger partial charge is 0.369 e. The molecule has 3 heterocycles. The number of halogens is 3. The predicted octanol–water partition coefficient (Wildman–Crippen LogP) is 3.04. The molecule has 1 aliphatic rings. The monoisotopic (exact) mass is 430 g/mol. The van der Waals surface area contributed by atoms with E-state index in [1.165, 1.54) is 11.3 Å². The van der Waals surface area contributed by atoms with Gasteiger partial charge in [0.1, 0.15) is 5.69 Å². The molecule has 2 aromatic heterocycles. The van der Waals surface area contributed by atoms with Crippen LogP contribution in [0.5, 0.6) is 0 Å². The molecule has 1 saturated heterocycles. The van der Waals surface area contributed by atoms with Gasteiger partial charge in [0.25, 0.3) is 0 Å². The summed E-state index contributed by atoms with van der Waals surface area (Å²) in [5.41, 5.74) is 4.41. The van der Waals surface area contributed by atoms with E-state index in [1.54, 1.807) is 22.4 Å². The van der Waals surface area contributed by atoms with Crippen LogP contribution in [-0.2, 0) is 15.8 Å². The maximum atomic E-state index is 13.2. The number of aromatic nitrogens is 2. The molecule has 3 rings (SSSR count). The van der Waals surface area contributed by atoms with E-state index in [0.29, 0.717) is 30.8 Å². The first-order chi connectivity index (χ1) is 13.2. The fourth-order valence-corrected chi connectivity index (χ4v) is 4.26. The SMILES string of the molecule is NC(=O)C1CCN(C(=O)CSc2nc(-c3cccs3)cc(C(F)(F)F)n2)CC1. The van der Waals surface area contributed by atoms with Crippen LogP contribution in [0, 0.1) is 5.92 Å². The summed E-state index contributed by atoms with van der Waals surface area (Å²) in [4.78, 5) is 33.5. The fraction of sp³-hybridized carbons (Fsp3) is 0.412. The Kier molecular flexibility index (Phi) is 6.23. The van der Waals surface area contributed by atoms with Gasteiger partial charge in [0.15, 0.2) is 5.16 Å². The molecule has 1 fully saturated rings. The minimum atomic E-state index is -4.61. The fourth-order valence-electron chi connectivity index (χ4n) is 2.82. The second-order valence-electron chi connectivity index (χ2n) is 6.24. The molecule has 0 unspecified atom stereocenters. The molecule has 2 N–H and O–H groups in total. The molecule has 2 amide bonds. The summed E-state index contributed by atoms with van der Waals surface area (Å²) in [5, 5.41) is 1.65. The number of alkyl halides is 3. The van der Waals surface area contributed by atoms with Crippen molar-refractivity contribution in [2.45, 2.75) is 24.2 Å². The predicted molar refractivity (Wildman–Crippen MR) is 99.6 cm³/mol. The van der Waals surface area contributed by atoms with Crippen molar-refractivity contribution in [1.29, 1.82) is 0 Å². The highest BCUT2D eigenvalue weighted by Crippen LogP contribution is 2.33. The number of nitrogens with two attached hydrogens (primary N) is 1. The summed E-state index contributed by atoms with van der Waals surface area (Å²) in [5.74, 6) is -0.921. The molecule has 150 valence electrons. The summed E-state index contributed by atoms with van der Waals surface area (Å²) in [6, 6.07) is 4.31. The summed E-state index contributed by atoms with van der Waals surface area (Å²) in [6.07, 6.45) is -3.62. The number of nitrogens with zero attached hydrogens (tertiary/aromatic N) is 3. The molecule has 6 nitrogen and oxygen atoms in total. The molecular weight excluding hydrogens is 413 g/mol. The van der Waals surface area contributed by atoms with E-state index in [0.717, 1.165) is 17.8 Å². The second-order valence-corrected chi connectivity index (χ2v) is 8.13. The van der Waals surface area contributed by atoms with Crippen LogP contribution in [0.1, 0.15) is 18.5 Å². The summed E-state index contributed by atoms with van der Waals surface area (Å²) < 4.78 is 39.5. The zero-order valence-corrected chi connectivity index (χ0v) is 16.2. The molecule has 28 heavy (non-hydrogen) atoms. The minimum Gasteiger partial charge on any atom is -0.369 e. The number of hydrogen-bond acceptors (Lipinski definition) is 6. The van der Waals surface area contributed by atoms with Crippen LogP contribution in [0.3, 0.4) is 0 Å². The minimum absolute atomic E-state index is 0.0770. The van der Waals surface area contributed by atoms with E-state index in [9.17, 15) is 22.8 Å². The van der Waals surface area contributed by atoms with Gasteiger partial charge in [-0.3, -0.25) is 9.59 Å². The number of thiophene rings is 1. The number of thioether (sulfide) groups is 1. The maximum Gasteiger partial charge on any atom is 0.433 e. The topological polar surface area (TPSA) is 89.2 Å². The Morgan fingerprint density at radius 3 is 2.57 bits per heavy atom. The van der Waals surface area contributed by atoms with Crippen LogP contribution in [0.2, 0.25) is 0 Å². The average Bonchev–Trinajstić information content (AvgIpc) is 3.20. The van der Waals surface area contributed by atoms with E-state index >= 15 is 0 Å². The Hall–Kier alpha value is -2.14. The highest BCUT2D eigenvalue weighted by atomic mass is 32.2. The van der Waals surface area contributed by atoms with Crippen LogP contribution in [0.15, 0.2) is 28.7 Å². The highest BCUT2D eigenvalue weighted by molar-refractivity contribution is 7.99. The van der Waals surface area contributed by atoms with E-state index < -0.39 is 11.9 Å². The van der Waals surface area contributed by atoms with E-state index in [4.69, 9.17) is 5.73 Å². The van der Waals surface area contributed by atoms with Gasteiger partial charge in [-0.15, -0.1) is 11.3 Å². The van der Waals surface area contributed by atoms with Crippen molar-refractivity contribution in [1.82, 2.24) is 14.9 Å². The molecule has 0 aromatic carbocycles. The van der Waals surface area contributed by atoms with Gasteiger partial charge in [0.2, 0.25) is 11.8 Å². The molecular formula is C17H17F3N4O2S2. The third-order valence-electron chi connectivity index (χ3n) is 4.34. The maximum absolute atomic E-state index is 13.2. The Morgan fingerprint density at radius 2 is 2.00 bits per heavy atom. The summed E-state index contributed by atoms with van der Waals surface area (Å²) in [6.45, 7) is 0.799. The van der Waals surface area contributed by atoms with Crippen molar-refractivity contribution in [2.24, 2.45) is 11.7 Å². The van der Waals surface area contributed by atoms with Crippen molar-refractivity contribution >= 4 is 34.9 Å². The molecule has 2 aromatic rings. The molecule has 1 aliphatic heterocycles. The first kappa shape index (κ1) is 20.6. The lowest BCUT2D eigenvalue weighted by atomic mass is 9.96. The molecule has 11 heteroatoms. The quantitative estimate of drug-likeness (QED) is 0.582. The lowest BCUT2D eigenvalue weighted by Gasteiger charge is -2.30. The zero-order valence-electron chi connectivity index (χ0n) is 14.6. The average molecular weight is 430 g/mol. The molecule has 0 spiro atoms. The number of amides is 2. The van der Waals surface area contributed by atoms with Crippen molar-refractivity contribution in [3.8, 4) is 10.6 Å². The molecule has 0 radical (unpaired) electrons. The van der Waals surface area contributed by atoms with Gasteiger partial charge in [-0.2, -0.15) is 13.2 Å². The number of hydrogen-bond donors (Lipinski definition) is 1. The van der Waals surface area contributed by atoms with E-state index in [1.807, 2.05) is 0 Å². The van der Waals surface area contributed by atoms with Crippen LogP contribution in [0.4, 0.5) is 13.2 Å². The molecule has 0 atom stereocenters. The van der Waals surface area contributed by atoms with Gasteiger partial charge in [0.05, 0.1) is 16.3 Å². The van der Waals surface area contributed by atoms with Crippen LogP contribution >= 0.6 is 23.1 Å². The van der Waals surface area contributed by atoms with Gasteiger partial charge < -0.3 is 10.6 Å². The molecule has 0 saturated carbocycles. The molecule has 0 aliphatic carbocycles. The standard InChI is InChI=1S/C17H17F3N4O2S2/c18-17(19,20)13-8-11(12-2-1-7-27-12)22-16(23-13)28-9-14(25)24-5-3-10(4-6-24)15(21)26/h1-2,7-8,10H,3-6,9H2,(H2,21,26). The van der Waals surface area contributed by atoms with Gasteiger partial charge in [-0.05, 0) is 30.4 Å². The van der Waals surface area contributed by atoms with Crippen molar-refractivity contribution in [2.75, 3.05) is 18.8 Å². The normalized spacial score (nSPS) is 15.6. The summed E-state index contributed by atoms with van der Waals surface area (Å²) in [7, 11) is 0. The highest BCUT2D eigenvalue weighted by Gasteiger charge is 2.34. The van der Waals surface area contributed by atoms with Crippen LogP contribution in [-0.4, -0.2) is 45.5 Å². The van der Waals surface area contributed by atoms with Crippen LogP contribution < -0.4 is 5.73 Å². The first-order valence-electron chi connectivity index (χ1n) is 8.44. The second kappa shape index (κ2) is 8.48. The Bertz CT molecular complexity index is 851. The molecule has 0 bridgehead atoms. The number of likely N-dealkylation sites (tertiary alicyclic amines) is 1. The zero-order chi connectivity index (χ0) is 20.3. The number of primary amides is 1. The Morgan fingerprint density at radius 1 is 1.29 bits per heavy atom. The van der Waals surface area contributed by atoms with Gasteiger partial charge in [0, 0.05) is 19.0 Å². The number of rotatable bonds is 5. The summed E-state index contributed by atoms with van der Waals surface area (Å²) >= 11 is 2.14. The van der Waals surface area contributed by atoms with Gasteiger partial charge in [-0.25, -0.2) is 9.97 Å². The lowest BCUT2D eigenvalue weighted by molar-refractivity contribution is -0.141. The number of carbonyl (C=O) groups excluding carboxylic acids is 2. The lowest BCUT2D eigenvalue weighted by Crippen LogP contribution is -2.42. The third-order valence-corrected chi connectivity index (χ3v) is 6.07. The Labute approximate surface area is 167 Å². The first-order valence-corrected chi connectivity index (χ1v) is 10.3. The van der Waals surface area contributed by atoms with E-state index in [-0.39, 0.29) is 34.3 Å². The van der Waals surface area contributed by atoms with Gasteiger partial charge >= 0.3 is 6.18 Å². The van der Waals surface area contributed by atoms with Gasteiger partial charge in [-0.1, -0.05) is 17.8 Å². The van der Waals surface area contributed by atoms with Crippen molar-refractivity contribution in [3.05, 3.63) is 29.3 Å². The third kappa shape index (κ3) is 5.02.